The number of imidazole rings is 1. The summed E-state index contributed by atoms with van der Waals surface area (Å²) in [7, 11) is 0. The van der Waals surface area contributed by atoms with Crippen LogP contribution in [0.1, 0.15) is 38.2 Å². The van der Waals surface area contributed by atoms with Crippen molar-refractivity contribution in [3.63, 3.8) is 0 Å². The second-order valence-corrected chi connectivity index (χ2v) is 9.86. The molecule has 0 spiro atoms. The number of hydrogen-bond acceptors (Lipinski definition) is 6. The molecule has 0 amide bonds. The zero-order valence-corrected chi connectivity index (χ0v) is 18.2. The van der Waals surface area contributed by atoms with Crippen LogP contribution in [0, 0.1) is 11.3 Å². The molecule has 164 valence electrons. The van der Waals surface area contributed by atoms with E-state index in [2.05, 4.69) is 52.1 Å². The van der Waals surface area contributed by atoms with Gasteiger partial charge in [0.2, 0.25) is 0 Å². The molecule has 3 atom stereocenters. The number of nitrogens with one attached hydrogen (secondary N) is 4. The third kappa shape index (κ3) is 3.29. The van der Waals surface area contributed by atoms with Crippen LogP contribution in [0.3, 0.4) is 0 Å². The number of benzene rings is 2. The number of hydrogen-bond donors (Lipinski definition) is 4. The first kappa shape index (κ1) is 19.5. The summed E-state index contributed by atoms with van der Waals surface area (Å²) in [6, 6.07) is 16.4. The standard InChI is InChI=1S/C25H27N5O2/c1-25(2)11-19-22(20(31)12-25)21(16-13-26-30-23(16)27-19)14-6-5-7-15(10-14)32-24-28-17-8-3-4-9-18(17)29-24/h3-10,16,21,23,26-27,30H,11-13H2,1-2H3,(H,28,29). The topological polar surface area (TPSA) is 91.1 Å². The van der Waals surface area contributed by atoms with Crippen LogP contribution in [0.25, 0.3) is 11.0 Å². The largest absolute Gasteiger partial charge is 0.426 e. The number of carbonyl (C=O) groups is 1. The predicted molar refractivity (Wildman–Crippen MR) is 122 cm³/mol. The van der Waals surface area contributed by atoms with Gasteiger partial charge in [-0.1, -0.05) is 38.1 Å². The van der Waals surface area contributed by atoms with E-state index in [-0.39, 0.29) is 29.2 Å². The molecule has 3 aliphatic rings. The quantitative estimate of drug-likeness (QED) is 0.507. The molecule has 1 fully saturated rings. The lowest BCUT2D eigenvalue weighted by atomic mass is 9.66. The highest BCUT2D eigenvalue weighted by molar-refractivity contribution is 5.99. The number of hydrazine groups is 1. The SMILES string of the molecule is CC1(C)CC(=O)C2=C(C1)NC1NNCC1C2c1cccc(Oc2nc3ccccc3[nH]2)c1. The Morgan fingerprint density at radius 1 is 1.09 bits per heavy atom. The van der Waals surface area contributed by atoms with Gasteiger partial charge < -0.3 is 15.0 Å². The Bertz CT molecular complexity index is 1210. The average molecular weight is 430 g/mol. The Labute approximate surface area is 186 Å². The number of ketones is 1. The minimum absolute atomic E-state index is 0.0153. The van der Waals surface area contributed by atoms with Crippen LogP contribution in [-0.2, 0) is 4.79 Å². The summed E-state index contributed by atoms with van der Waals surface area (Å²) >= 11 is 0. The highest BCUT2D eigenvalue weighted by Gasteiger charge is 2.47. The molecule has 1 aromatic heterocycles. The van der Waals surface area contributed by atoms with Crippen LogP contribution in [0.2, 0.25) is 0 Å². The van der Waals surface area contributed by atoms with Gasteiger partial charge in [0.1, 0.15) is 5.75 Å². The van der Waals surface area contributed by atoms with Gasteiger partial charge in [0.05, 0.1) is 17.2 Å². The van der Waals surface area contributed by atoms with Crippen molar-refractivity contribution in [1.82, 2.24) is 26.1 Å². The molecule has 7 nitrogen and oxygen atoms in total. The van der Waals surface area contributed by atoms with Gasteiger partial charge in [-0.05, 0) is 41.7 Å². The van der Waals surface area contributed by atoms with Crippen molar-refractivity contribution < 1.29 is 9.53 Å². The van der Waals surface area contributed by atoms with Crippen LogP contribution in [0.4, 0.5) is 0 Å². The van der Waals surface area contributed by atoms with Crippen molar-refractivity contribution in [3.8, 4) is 11.8 Å². The monoisotopic (exact) mass is 429 g/mol. The first-order chi connectivity index (χ1) is 15.5. The molecule has 4 N–H and O–H groups in total. The van der Waals surface area contributed by atoms with Crippen molar-refractivity contribution in [2.75, 3.05) is 6.54 Å². The summed E-state index contributed by atoms with van der Waals surface area (Å²) in [5, 5.41) is 3.61. The molecule has 7 heteroatoms. The fourth-order valence-corrected chi connectivity index (χ4v) is 5.47. The van der Waals surface area contributed by atoms with Gasteiger partial charge in [-0.25, -0.2) is 5.43 Å². The van der Waals surface area contributed by atoms with E-state index >= 15 is 0 Å². The first-order valence-corrected chi connectivity index (χ1v) is 11.2. The Hall–Kier alpha value is -3.16. The highest BCUT2D eigenvalue weighted by Crippen LogP contribution is 2.47. The average Bonchev–Trinajstić information content (AvgIpc) is 3.37. The van der Waals surface area contributed by atoms with Crippen molar-refractivity contribution in [1.29, 1.82) is 0 Å². The molecular weight excluding hydrogens is 402 g/mol. The molecule has 0 radical (unpaired) electrons. The number of nitrogens with zero attached hydrogens (tertiary/aromatic N) is 1. The van der Waals surface area contributed by atoms with Crippen LogP contribution >= 0.6 is 0 Å². The molecule has 1 saturated heterocycles. The maximum atomic E-state index is 13.3. The maximum absolute atomic E-state index is 13.3. The van der Waals surface area contributed by atoms with Crippen LogP contribution < -0.4 is 20.9 Å². The fourth-order valence-electron chi connectivity index (χ4n) is 5.47. The second kappa shape index (κ2) is 7.18. The molecule has 32 heavy (non-hydrogen) atoms. The summed E-state index contributed by atoms with van der Waals surface area (Å²) < 4.78 is 6.09. The van der Waals surface area contributed by atoms with E-state index in [1.54, 1.807) is 0 Å². The summed E-state index contributed by atoms with van der Waals surface area (Å²) in [5.41, 5.74) is 11.5. The zero-order chi connectivity index (χ0) is 21.9. The molecule has 3 heterocycles. The molecule has 0 saturated carbocycles. The Morgan fingerprint density at radius 3 is 2.84 bits per heavy atom. The van der Waals surface area contributed by atoms with Gasteiger partial charge in [-0.15, -0.1) is 0 Å². The van der Waals surface area contributed by atoms with E-state index in [0.717, 1.165) is 40.8 Å². The Balaban J connectivity index is 1.38. The van der Waals surface area contributed by atoms with Gasteiger partial charge >= 0.3 is 0 Å². The van der Waals surface area contributed by atoms with E-state index in [9.17, 15) is 4.79 Å². The van der Waals surface area contributed by atoms with Gasteiger partial charge in [0, 0.05) is 36.1 Å². The molecule has 6 rings (SSSR count). The summed E-state index contributed by atoms with van der Waals surface area (Å²) in [4.78, 5) is 21.0. The van der Waals surface area contributed by atoms with Crippen molar-refractivity contribution in [2.45, 2.75) is 38.8 Å². The molecule has 3 unspecified atom stereocenters. The minimum atomic E-state index is -0.0292. The molecule has 0 bridgehead atoms. The first-order valence-electron chi connectivity index (χ1n) is 11.2. The number of rotatable bonds is 3. The number of Topliss-reactive ketones (excluding diaryl/α,β-unsaturated/α-hetero) is 1. The number of fused-ring (bicyclic) bond motifs is 2. The molecule has 3 aromatic rings. The van der Waals surface area contributed by atoms with Gasteiger partial charge in [-0.3, -0.25) is 10.2 Å². The predicted octanol–water partition coefficient (Wildman–Crippen LogP) is 3.74. The van der Waals surface area contributed by atoms with Crippen LogP contribution in [-0.4, -0.2) is 28.5 Å². The van der Waals surface area contributed by atoms with E-state index in [0.29, 0.717) is 18.2 Å². The number of H-pyrrole nitrogens is 1. The smallest absolute Gasteiger partial charge is 0.300 e. The Morgan fingerprint density at radius 2 is 1.97 bits per heavy atom. The van der Waals surface area contributed by atoms with Gasteiger partial charge in [0.15, 0.2) is 5.78 Å². The number of aromatic nitrogens is 2. The van der Waals surface area contributed by atoms with Crippen molar-refractivity contribution >= 4 is 16.8 Å². The van der Waals surface area contributed by atoms with Crippen LogP contribution in [0.15, 0.2) is 59.8 Å². The lowest BCUT2D eigenvalue weighted by Crippen LogP contribution is -2.51. The van der Waals surface area contributed by atoms with E-state index in [1.807, 2.05) is 36.4 Å². The van der Waals surface area contributed by atoms with Crippen LogP contribution in [0.5, 0.6) is 11.8 Å². The number of allylic oxidation sites excluding steroid dienone is 2. The number of ether oxygens (including phenoxy) is 1. The van der Waals surface area contributed by atoms with Gasteiger partial charge in [-0.2, -0.15) is 4.98 Å². The molecular formula is C25H27N5O2. The lowest BCUT2D eigenvalue weighted by Gasteiger charge is -2.43. The zero-order valence-electron chi connectivity index (χ0n) is 18.2. The maximum Gasteiger partial charge on any atom is 0.300 e. The lowest BCUT2D eigenvalue weighted by molar-refractivity contribution is -0.118. The van der Waals surface area contributed by atoms with E-state index in [4.69, 9.17) is 4.74 Å². The highest BCUT2D eigenvalue weighted by atomic mass is 16.5. The third-order valence-electron chi connectivity index (χ3n) is 6.81. The van der Waals surface area contributed by atoms with E-state index in [1.165, 1.54) is 0 Å². The molecule has 1 aliphatic carbocycles. The summed E-state index contributed by atoms with van der Waals surface area (Å²) in [5.74, 6) is 1.21. The minimum Gasteiger partial charge on any atom is -0.426 e. The van der Waals surface area contributed by atoms with Crippen molar-refractivity contribution in [3.05, 3.63) is 65.4 Å². The van der Waals surface area contributed by atoms with Crippen molar-refractivity contribution in [2.24, 2.45) is 11.3 Å². The number of para-hydroxylation sites is 2. The summed E-state index contributed by atoms with van der Waals surface area (Å²) in [6.45, 7) is 5.13. The fraction of sp³-hybridized carbons (Fsp3) is 0.360. The van der Waals surface area contributed by atoms with E-state index < -0.39 is 0 Å². The number of carbonyl (C=O) groups excluding carboxylic acids is 1. The third-order valence-corrected chi connectivity index (χ3v) is 6.81. The molecule has 2 aliphatic heterocycles. The summed E-state index contributed by atoms with van der Waals surface area (Å²) in [6.07, 6.45) is 1.56. The molecule has 2 aromatic carbocycles. The normalized spacial score (nSPS) is 26.6. The Kier molecular flexibility index (Phi) is 4.38. The second-order valence-electron chi connectivity index (χ2n) is 9.86. The van der Waals surface area contributed by atoms with Gasteiger partial charge in [0.25, 0.3) is 6.01 Å². The number of aromatic amines is 1.